The number of aliphatic imine (C=N–C) groups is 1. The molecule has 0 spiro atoms. The highest BCUT2D eigenvalue weighted by atomic mass is 127. The van der Waals surface area contributed by atoms with E-state index in [0.29, 0.717) is 19.0 Å². The molecule has 1 aliphatic rings. The molecule has 2 rings (SSSR count). The molecule has 0 amide bonds. The van der Waals surface area contributed by atoms with Crippen LogP contribution in [0.5, 0.6) is 5.88 Å². The summed E-state index contributed by atoms with van der Waals surface area (Å²) in [5, 5.41) is 6.64. The quantitative estimate of drug-likeness (QED) is 0.315. The van der Waals surface area contributed by atoms with Gasteiger partial charge in [0, 0.05) is 32.5 Å². The van der Waals surface area contributed by atoms with Crippen LogP contribution < -0.4 is 15.4 Å². The van der Waals surface area contributed by atoms with Crippen molar-refractivity contribution in [1.29, 1.82) is 0 Å². The van der Waals surface area contributed by atoms with Crippen LogP contribution in [0.1, 0.15) is 46.1 Å². The second-order valence-corrected chi connectivity index (χ2v) is 7.93. The summed E-state index contributed by atoms with van der Waals surface area (Å²) in [4.78, 5) is 9.01. The number of pyridine rings is 1. The van der Waals surface area contributed by atoms with Crippen LogP contribution in [-0.2, 0) is 11.3 Å². The highest BCUT2D eigenvalue weighted by Gasteiger charge is 2.24. The third-order valence-electron chi connectivity index (χ3n) is 4.43. The largest absolute Gasteiger partial charge is 0.477 e. The van der Waals surface area contributed by atoms with Gasteiger partial charge in [0.2, 0.25) is 5.88 Å². The number of ether oxygens (including phenoxy) is 2. The summed E-state index contributed by atoms with van der Waals surface area (Å²) in [6.45, 7) is 11.4. The first kappa shape index (κ1) is 23.9. The summed E-state index contributed by atoms with van der Waals surface area (Å²) >= 11 is 0. The van der Waals surface area contributed by atoms with Gasteiger partial charge in [0.1, 0.15) is 0 Å². The number of nitrogens with zero attached hydrogens (tertiary/aromatic N) is 2. The molecule has 0 radical (unpaired) electrons. The van der Waals surface area contributed by atoms with Crippen LogP contribution in [0, 0.1) is 11.3 Å². The molecule has 1 saturated carbocycles. The minimum atomic E-state index is 0. The van der Waals surface area contributed by atoms with Gasteiger partial charge in [0.25, 0.3) is 0 Å². The zero-order valence-electron chi connectivity index (χ0n) is 17.2. The Bertz CT molecular complexity index is 568. The SMILES string of the molecule is CCNC(=NCc1ccc(OCC2CC2)nc1)NCC(OC)C(C)(C)C.I. The molecule has 0 saturated heterocycles. The van der Waals surface area contributed by atoms with Crippen molar-refractivity contribution in [3.05, 3.63) is 23.9 Å². The molecule has 1 aromatic rings. The van der Waals surface area contributed by atoms with Gasteiger partial charge in [-0.15, -0.1) is 24.0 Å². The average molecular weight is 490 g/mol. The molecule has 1 fully saturated rings. The van der Waals surface area contributed by atoms with Crippen LogP contribution in [0.2, 0.25) is 0 Å². The predicted octanol–water partition coefficient (Wildman–Crippen LogP) is 3.60. The van der Waals surface area contributed by atoms with Gasteiger partial charge < -0.3 is 20.1 Å². The molecule has 1 heterocycles. The molecule has 1 aromatic heterocycles. The van der Waals surface area contributed by atoms with Crippen molar-refractivity contribution in [3.8, 4) is 5.88 Å². The molecule has 154 valence electrons. The number of guanidine groups is 1. The zero-order valence-corrected chi connectivity index (χ0v) is 19.6. The van der Waals surface area contributed by atoms with E-state index in [0.717, 1.165) is 30.6 Å². The van der Waals surface area contributed by atoms with Crippen LogP contribution in [0.4, 0.5) is 0 Å². The summed E-state index contributed by atoms with van der Waals surface area (Å²) in [5.74, 6) is 2.22. The number of hydrogen-bond donors (Lipinski definition) is 2. The van der Waals surface area contributed by atoms with Crippen LogP contribution >= 0.6 is 24.0 Å². The molecule has 27 heavy (non-hydrogen) atoms. The Morgan fingerprint density at radius 1 is 1.30 bits per heavy atom. The number of nitrogens with one attached hydrogen (secondary N) is 2. The van der Waals surface area contributed by atoms with Gasteiger partial charge in [-0.1, -0.05) is 26.8 Å². The smallest absolute Gasteiger partial charge is 0.213 e. The van der Waals surface area contributed by atoms with Gasteiger partial charge in [-0.05, 0) is 36.7 Å². The van der Waals surface area contributed by atoms with Crippen LogP contribution in [-0.4, -0.2) is 43.9 Å². The Kier molecular flexibility index (Phi) is 10.4. The fourth-order valence-corrected chi connectivity index (χ4v) is 2.52. The number of rotatable bonds is 9. The number of aromatic nitrogens is 1. The lowest BCUT2D eigenvalue weighted by atomic mass is 9.89. The lowest BCUT2D eigenvalue weighted by molar-refractivity contribution is 0.0205. The summed E-state index contributed by atoms with van der Waals surface area (Å²) in [6, 6.07) is 3.95. The minimum absolute atomic E-state index is 0. The van der Waals surface area contributed by atoms with Crippen molar-refractivity contribution in [2.24, 2.45) is 16.3 Å². The van der Waals surface area contributed by atoms with Crippen LogP contribution in [0.15, 0.2) is 23.3 Å². The zero-order chi connectivity index (χ0) is 19.0. The molecule has 0 bridgehead atoms. The Labute approximate surface area is 180 Å². The molecule has 1 atom stereocenters. The molecule has 2 N–H and O–H groups in total. The van der Waals surface area contributed by atoms with Crippen molar-refractivity contribution >= 4 is 29.9 Å². The first-order chi connectivity index (χ1) is 12.4. The highest BCUT2D eigenvalue weighted by Crippen LogP contribution is 2.29. The van der Waals surface area contributed by atoms with Crippen molar-refractivity contribution in [2.75, 3.05) is 26.8 Å². The van der Waals surface area contributed by atoms with E-state index in [1.807, 2.05) is 18.3 Å². The third-order valence-corrected chi connectivity index (χ3v) is 4.43. The fraction of sp³-hybridized carbons (Fsp3) is 0.700. The summed E-state index contributed by atoms with van der Waals surface area (Å²) in [7, 11) is 1.75. The van der Waals surface area contributed by atoms with Gasteiger partial charge in [-0.3, -0.25) is 0 Å². The van der Waals surface area contributed by atoms with E-state index >= 15 is 0 Å². The average Bonchev–Trinajstić information content (AvgIpc) is 3.42. The van der Waals surface area contributed by atoms with Gasteiger partial charge in [-0.25, -0.2) is 9.98 Å². The minimum Gasteiger partial charge on any atom is -0.477 e. The number of methoxy groups -OCH3 is 1. The molecule has 1 unspecified atom stereocenters. The monoisotopic (exact) mass is 490 g/mol. The molecule has 7 heteroatoms. The summed E-state index contributed by atoms with van der Waals surface area (Å²) in [5.41, 5.74) is 1.12. The first-order valence-corrected chi connectivity index (χ1v) is 9.55. The van der Waals surface area contributed by atoms with E-state index in [1.54, 1.807) is 7.11 Å². The molecule has 0 aliphatic heterocycles. The highest BCUT2D eigenvalue weighted by molar-refractivity contribution is 14.0. The number of hydrogen-bond acceptors (Lipinski definition) is 4. The third kappa shape index (κ3) is 9.10. The fourth-order valence-electron chi connectivity index (χ4n) is 2.52. The van der Waals surface area contributed by atoms with Crippen molar-refractivity contribution in [1.82, 2.24) is 15.6 Å². The van der Waals surface area contributed by atoms with E-state index in [9.17, 15) is 0 Å². The van der Waals surface area contributed by atoms with Crippen molar-refractivity contribution < 1.29 is 9.47 Å². The lowest BCUT2D eigenvalue weighted by Gasteiger charge is -2.30. The number of halogens is 1. The molecule has 6 nitrogen and oxygen atoms in total. The van der Waals surface area contributed by atoms with Gasteiger partial charge in [0.15, 0.2) is 5.96 Å². The molecule has 1 aliphatic carbocycles. The van der Waals surface area contributed by atoms with E-state index in [2.05, 4.69) is 48.3 Å². The first-order valence-electron chi connectivity index (χ1n) is 9.55. The van der Waals surface area contributed by atoms with Gasteiger partial charge in [0.05, 0.1) is 19.3 Å². The Morgan fingerprint density at radius 2 is 2.04 bits per heavy atom. The van der Waals surface area contributed by atoms with Crippen LogP contribution in [0.25, 0.3) is 0 Å². The Balaban J connectivity index is 0.00000364. The van der Waals surface area contributed by atoms with Crippen LogP contribution in [0.3, 0.4) is 0 Å². The Morgan fingerprint density at radius 3 is 2.56 bits per heavy atom. The lowest BCUT2D eigenvalue weighted by Crippen LogP contribution is -2.45. The molecular formula is C20H35IN4O2. The van der Waals surface area contributed by atoms with E-state index in [4.69, 9.17) is 9.47 Å². The molecule has 0 aromatic carbocycles. The second-order valence-electron chi connectivity index (χ2n) is 7.93. The van der Waals surface area contributed by atoms with E-state index in [-0.39, 0.29) is 35.5 Å². The second kappa shape index (κ2) is 11.7. The van der Waals surface area contributed by atoms with Gasteiger partial charge in [-0.2, -0.15) is 0 Å². The van der Waals surface area contributed by atoms with Crippen molar-refractivity contribution in [3.63, 3.8) is 0 Å². The van der Waals surface area contributed by atoms with Crippen molar-refractivity contribution in [2.45, 2.75) is 53.2 Å². The normalized spacial score (nSPS) is 15.7. The topological polar surface area (TPSA) is 67.8 Å². The maximum absolute atomic E-state index is 5.67. The van der Waals surface area contributed by atoms with E-state index < -0.39 is 0 Å². The summed E-state index contributed by atoms with van der Waals surface area (Å²) < 4.78 is 11.3. The van der Waals surface area contributed by atoms with E-state index in [1.165, 1.54) is 12.8 Å². The maximum Gasteiger partial charge on any atom is 0.213 e. The molecular weight excluding hydrogens is 455 g/mol. The van der Waals surface area contributed by atoms with Gasteiger partial charge >= 0.3 is 0 Å². The summed E-state index contributed by atoms with van der Waals surface area (Å²) in [6.07, 6.45) is 4.51. The predicted molar refractivity (Wildman–Crippen MR) is 121 cm³/mol. The standard InChI is InChI=1S/C20H34N4O2.HI/c1-6-21-19(24-13-17(25-5)20(2,3)4)23-12-16-9-10-18(22-11-16)26-14-15-7-8-15;/h9-11,15,17H,6-8,12-14H2,1-5H3,(H2,21,23,24);1H. The Hall–Kier alpha value is -1.09. The maximum atomic E-state index is 5.67.